The predicted molar refractivity (Wildman–Crippen MR) is 44.4 cm³/mol. The Morgan fingerprint density at radius 3 is 2.50 bits per heavy atom. The molecule has 2 bridgehead atoms. The van der Waals surface area contributed by atoms with Crippen molar-refractivity contribution in [3.8, 4) is 0 Å². The van der Waals surface area contributed by atoms with Gasteiger partial charge in [-0.05, 0) is 31.1 Å². The molecule has 3 aliphatic rings. The normalized spacial score (nSPS) is 45.4. The number of hydrogen-bond acceptors (Lipinski definition) is 0. The van der Waals surface area contributed by atoms with E-state index in [4.69, 9.17) is 23.2 Å². The molecule has 2 heteroatoms. The molecule has 0 spiro atoms. The molecule has 0 saturated heterocycles. The van der Waals surface area contributed by atoms with E-state index in [1.165, 1.54) is 12.8 Å². The second kappa shape index (κ2) is 2.42. The third-order valence-corrected chi connectivity index (χ3v) is 3.52. The first kappa shape index (κ1) is 7.00. The van der Waals surface area contributed by atoms with Gasteiger partial charge in [0.25, 0.3) is 0 Å². The third-order valence-electron chi connectivity index (χ3n) is 2.59. The zero-order valence-corrected chi connectivity index (χ0v) is 7.20. The number of alkyl halides is 1. The standard InChI is InChI=1S/C8H10Cl2/c9-7-4-6-2-1-5(7)3-8(6)10/h3,5-7H,1-2,4H2. The zero-order chi connectivity index (χ0) is 7.14. The lowest BCUT2D eigenvalue weighted by Crippen LogP contribution is -2.29. The second-order valence-electron chi connectivity index (χ2n) is 3.24. The van der Waals surface area contributed by atoms with Crippen LogP contribution < -0.4 is 0 Å². The Hall–Kier alpha value is 0.320. The van der Waals surface area contributed by atoms with Crippen LogP contribution >= 0.6 is 23.2 Å². The van der Waals surface area contributed by atoms with Gasteiger partial charge in [-0.3, -0.25) is 0 Å². The minimum atomic E-state index is 0.362. The van der Waals surface area contributed by atoms with E-state index in [9.17, 15) is 0 Å². The SMILES string of the molecule is ClC1=CC2CCC1CC2Cl. The molecule has 0 amide bonds. The van der Waals surface area contributed by atoms with Crippen LogP contribution in [0.5, 0.6) is 0 Å². The van der Waals surface area contributed by atoms with Crippen LogP contribution in [0.25, 0.3) is 0 Å². The topological polar surface area (TPSA) is 0 Å². The summed E-state index contributed by atoms with van der Waals surface area (Å²) in [4.78, 5) is 0. The molecule has 0 aromatic rings. The first-order chi connectivity index (χ1) is 4.77. The highest BCUT2D eigenvalue weighted by Crippen LogP contribution is 2.44. The fraction of sp³-hybridized carbons (Fsp3) is 0.750. The van der Waals surface area contributed by atoms with E-state index in [-0.39, 0.29) is 0 Å². The predicted octanol–water partition coefficient (Wildman–Crippen LogP) is 3.15. The van der Waals surface area contributed by atoms with Crippen molar-refractivity contribution in [3.05, 3.63) is 11.1 Å². The molecule has 0 aliphatic heterocycles. The summed E-state index contributed by atoms with van der Waals surface area (Å²) in [5.41, 5.74) is 0. The molecule has 3 unspecified atom stereocenters. The fourth-order valence-corrected chi connectivity index (χ4v) is 2.69. The van der Waals surface area contributed by atoms with E-state index in [1.54, 1.807) is 0 Å². The van der Waals surface area contributed by atoms with Crippen molar-refractivity contribution >= 4 is 23.2 Å². The quantitative estimate of drug-likeness (QED) is 0.498. The fourth-order valence-electron chi connectivity index (χ4n) is 1.92. The zero-order valence-electron chi connectivity index (χ0n) is 5.69. The maximum absolute atomic E-state index is 6.08. The van der Waals surface area contributed by atoms with Crippen molar-refractivity contribution in [1.29, 1.82) is 0 Å². The van der Waals surface area contributed by atoms with Crippen molar-refractivity contribution in [2.24, 2.45) is 11.8 Å². The highest BCUT2D eigenvalue weighted by Gasteiger charge is 2.34. The van der Waals surface area contributed by atoms with Crippen LogP contribution in [0.3, 0.4) is 0 Å². The van der Waals surface area contributed by atoms with Gasteiger partial charge in [0.15, 0.2) is 0 Å². The molecule has 56 valence electrons. The molecule has 0 aromatic heterocycles. The minimum absolute atomic E-state index is 0.362. The van der Waals surface area contributed by atoms with Gasteiger partial charge >= 0.3 is 0 Å². The van der Waals surface area contributed by atoms with Crippen molar-refractivity contribution in [2.45, 2.75) is 24.6 Å². The second-order valence-corrected chi connectivity index (χ2v) is 4.24. The third kappa shape index (κ3) is 0.981. The maximum Gasteiger partial charge on any atom is 0.0405 e. The summed E-state index contributed by atoms with van der Waals surface area (Å²) in [5.74, 6) is 1.16. The molecule has 1 fully saturated rings. The number of fused-ring (bicyclic) bond motifs is 2. The molecule has 0 aromatic carbocycles. The van der Waals surface area contributed by atoms with E-state index in [1.807, 2.05) is 0 Å². The lowest BCUT2D eigenvalue weighted by Gasteiger charge is -2.36. The summed E-state index contributed by atoms with van der Waals surface area (Å²) in [6.45, 7) is 0. The minimum Gasteiger partial charge on any atom is -0.122 e. The smallest absolute Gasteiger partial charge is 0.0405 e. The first-order valence-corrected chi connectivity index (χ1v) is 4.60. The molecular formula is C8H10Cl2. The molecule has 0 heterocycles. The Kier molecular flexibility index (Phi) is 1.69. The van der Waals surface area contributed by atoms with E-state index in [0.717, 1.165) is 11.5 Å². The van der Waals surface area contributed by atoms with Crippen molar-refractivity contribution in [2.75, 3.05) is 0 Å². The Balaban J connectivity index is 2.25. The Bertz CT molecular complexity index is 174. The van der Waals surface area contributed by atoms with Crippen LogP contribution in [0, 0.1) is 11.8 Å². The van der Waals surface area contributed by atoms with Gasteiger partial charge in [0.1, 0.15) is 0 Å². The van der Waals surface area contributed by atoms with Gasteiger partial charge in [-0.1, -0.05) is 17.7 Å². The monoisotopic (exact) mass is 176 g/mol. The van der Waals surface area contributed by atoms with E-state index >= 15 is 0 Å². The lowest BCUT2D eigenvalue weighted by molar-refractivity contribution is 0.329. The summed E-state index contributed by atoms with van der Waals surface area (Å²) in [5, 5.41) is 1.43. The molecule has 10 heavy (non-hydrogen) atoms. The summed E-state index contributed by atoms with van der Waals surface area (Å²) in [6.07, 6.45) is 5.75. The highest BCUT2D eigenvalue weighted by molar-refractivity contribution is 6.30. The highest BCUT2D eigenvalue weighted by atomic mass is 35.5. The summed E-state index contributed by atoms with van der Waals surface area (Å²) >= 11 is 12.1. The van der Waals surface area contributed by atoms with E-state index in [2.05, 4.69) is 6.08 Å². The Labute approximate surface area is 71.2 Å². The van der Waals surface area contributed by atoms with Crippen molar-refractivity contribution in [3.63, 3.8) is 0 Å². The van der Waals surface area contributed by atoms with Crippen molar-refractivity contribution in [1.82, 2.24) is 0 Å². The van der Waals surface area contributed by atoms with Gasteiger partial charge in [-0.25, -0.2) is 0 Å². The van der Waals surface area contributed by atoms with E-state index in [0.29, 0.717) is 17.2 Å². The summed E-state index contributed by atoms with van der Waals surface area (Å²) in [6, 6.07) is 0. The van der Waals surface area contributed by atoms with Crippen LogP contribution in [-0.2, 0) is 0 Å². The van der Waals surface area contributed by atoms with Gasteiger partial charge in [-0.15, -0.1) is 11.6 Å². The Morgan fingerprint density at radius 2 is 2.20 bits per heavy atom. The summed E-state index contributed by atoms with van der Waals surface area (Å²) in [7, 11) is 0. The molecule has 3 rings (SSSR count). The number of hydrogen-bond donors (Lipinski definition) is 0. The van der Waals surface area contributed by atoms with E-state index < -0.39 is 0 Å². The van der Waals surface area contributed by atoms with Crippen LogP contribution in [0.15, 0.2) is 11.1 Å². The first-order valence-electron chi connectivity index (χ1n) is 3.78. The van der Waals surface area contributed by atoms with Crippen molar-refractivity contribution < 1.29 is 0 Å². The number of allylic oxidation sites excluding steroid dienone is 2. The van der Waals surface area contributed by atoms with Crippen LogP contribution in [-0.4, -0.2) is 5.38 Å². The average molecular weight is 177 g/mol. The average Bonchev–Trinajstić information content (AvgIpc) is 1.91. The number of halogens is 2. The molecule has 0 radical (unpaired) electrons. The maximum atomic E-state index is 6.08. The Morgan fingerprint density at radius 1 is 1.40 bits per heavy atom. The van der Waals surface area contributed by atoms with Crippen LogP contribution in [0.2, 0.25) is 0 Å². The number of rotatable bonds is 0. The van der Waals surface area contributed by atoms with Gasteiger partial charge in [0.05, 0.1) is 0 Å². The summed E-state index contributed by atoms with van der Waals surface area (Å²) < 4.78 is 0. The largest absolute Gasteiger partial charge is 0.122 e. The van der Waals surface area contributed by atoms with Crippen LogP contribution in [0.4, 0.5) is 0 Å². The molecule has 0 nitrogen and oxygen atoms in total. The van der Waals surface area contributed by atoms with Gasteiger partial charge in [-0.2, -0.15) is 0 Å². The van der Waals surface area contributed by atoms with Gasteiger partial charge in [0.2, 0.25) is 0 Å². The lowest BCUT2D eigenvalue weighted by atomic mass is 9.76. The molecule has 1 saturated carbocycles. The van der Waals surface area contributed by atoms with Gasteiger partial charge < -0.3 is 0 Å². The molecular weight excluding hydrogens is 167 g/mol. The molecule has 0 N–H and O–H groups in total. The van der Waals surface area contributed by atoms with Crippen LogP contribution in [0.1, 0.15) is 19.3 Å². The van der Waals surface area contributed by atoms with Gasteiger partial charge in [0, 0.05) is 10.4 Å². The molecule has 3 atom stereocenters. The molecule has 3 aliphatic carbocycles.